The van der Waals surface area contributed by atoms with Crippen molar-refractivity contribution in [1.29, 1.82) is 0 Å². The van der Waals surface area contributed by atoms with Crippen LogP contribution in [0.4, 0.5) is 4.39 Å². The first kappa shape index (κ1) is 25.5. The second-order valence-corrected chi connectivity index (χ2v) is 9.14. The van der Waals surface area contributed by atoms with Gasteiger partial charge in [-0.1, -0.05) is 35.9 Å². The van der Waals surface area contributed by atoms with E-state index in [0.717, 1.165) is 18.7 Å². The van der Waals surface area contributed by atoms with Gasteiger partial charge in [0.15, 0.2) is 0 Å². The number of morpholine rings is 1. The summed E-state index contributed by atoms with van der Waals surface area (Å²) in [6, 6.07) is 12.3. The van der Waals surface area contributed by atoms with E-state index in [9.17, 15) is 14.0 Å². The zero-order chi connectivity index (χ0) is 23.6. The van der Waals surface area contributed by atoms with Gasteiger partial charge in [-0.2, -0.15) is 11.8 Å². The molecule has 1 saturated heterocycles. The largest absolute Gasteiger partial charge is 0.379 e. The maximum absolute atomic E-state index is 13.5. The molecule has 2 unspecified atom stereocenters. The molecule has 2 aromatic carbocycles. The molecule has 2 atom stereocenters. The van der Waals surface area contributed by atoms with E-state index in [4.69, 9.17) is 16.3 Å². The molecule has 9 heteroatoms. The molecular formula is C24H29ClFN3O3S. The van der Waals surface area contributed by atoms with Crippen molar-refractivity contribution in [2.45, 2.75) is 18.5 Å². The van der Waals surface area contributed by atoms with Crippen molar-refractivity contribution in [2.24, 2.45) is 0 Å². The number of rotatable bonds is 10. The van der Waals surface area contributed by atoms with E-state index >= 15 is 0 Å². The Bertz CT molecular complexity index is 925. The molecule has 0 spiro atoms. The van der Waals surface area contributed by atoms with Crippen LogP contribution in [-0.4, -0.2) is 67.6 Å². The van der Waals surface area contributed by atoms with Crippen LogP contribution in [0.2, 0.25) is 5.02 Å². The Balaban J connectivity index is 1.70. The number of nitrogens with one attached hydrogen (secondary N) is 2. The Morgan fingerprint density at radius 3 is 2.52 bits per heavy atom. The van der Waals surface area contributed by atoms with Gasteiger partial charge in [0.1, 0.15) is 11.9 Å². The average molecular weight is 494 g/mol. The third-order valence-electron chi connectivity index (χ3n) is 5.56. The minimum atomic E-state index is -0.695. The number of amides is 2. The normalized spacial score (nSPS) is 16.1. The van der Waals surface area contributed by atoms with Gasteiger partial charge in [-0.05, 0) is 48.3 Å². The number of carbonyl (C=O) groups is 2. The van der Waals surface area contributed by atoms with Gasteiger partial charge in [-0.3, -0.25) is 14.5 Å². The van der Waals surface area contributed by atoms with E-state index in [1.54, 1.807) is 48.2 Å². The summed E-state index contributed by atoms with van der Waals surface area (Å²) in [7, 11) is 0. The van der Waals surface area contributed by atoms with Crippen LogP contribution in [0.3, 0.4) is 0 Å². The van der Waals surface area contributed by atoms with Crippen LogP contribution in [0.15, 0.2) is 48.5 Å². The number of hydrogen-bond donors (Lipinski definition) is 2. The lowest BCUT2D eigenvalue weighted by Crippen LogP contribution is -2.50. The highest BCUT2D eigenvalue weighted by Gasteiger charge is 2.26. The van der Waals surface area contributed by atoms with Crippen LogP contribution < -0.4 is 10.6 Å². The van der Waals surface area contributed by atoms with E-state index < -0.39 is 6.04 Å². The zero-order valence-corrected chi connectivity index (χ0v) is 20.1. The summed E-state index contributed by atoms with van der Waals surface area (Å²) in [5, 5.41) is 6.16. The summed E-state index contributed by atoms with van der Waals surface area (Å²) in [5.41, 5.74) is 1.25. The Morgan fingerprint density at radius 1 is 1.15 bits per heavy atom. The molecule has 33 heavy (non-hydrogen) atoms. The van der Waals surface area contributed by atoms with E-state index in [1.807, 2.05) is 6.26 Å². The number of ether oxygens (including phenoxy) is 1. The van der Waals surface area contributed by atoms with Crippen LogP contribution in [0, 0.1) is 5.82 Å². The first-order valence-corrected chi connectivity index (χ1v) is 12.7. The topological polar surface area (TPSA) is 70.7 Å². The van der Waals surface area contributed by atoms with Gasteiger partial charge in [0.2, 0.25) is 5.91 Å². The first-order valence-electron chi connectivity index (χ1n) is 10.9. The monoisotopic (exact) mass is 493 g/mol. The second-order valence-electron chi connectivity index (χ2n) is 7.75. The van der Waals surface area contributed by atoms with Crippen molar-refractivity contribution in [3.05, 3.63) is 70.5 Å². The molecule has 0 aliphatic carbocycles. The van der Waals surface area contributed by atoms with Gasteiger partial charge in [-0.25, -0.2) is 4.39 Å². The molecule has 0 radical (unpaired) electrons. The third-order valence-corrected chi connectivity index (χ3v) is 6.54. The molecular weight excluding hydrogens is 465 g/mol. The predicted molar refractivity (Wildman–Crippen MR) is 130 cm³/mol. The second kappa shape index (κ2) is 12.9. The molecule has 2 aromatic rings. The number of thioether (sulfide) groups is 1. The number of hydrogen-bond acceptors (Lipinski definition) is 5. The minimum absolute atomic E-state index is 0.126. The molecule has 3 rings (SSSR count). The fourth-order valence-corrected chi connectivity index (χ4v) is 4.43. The van der Waals surface area contributed by atoms with Crippen molar-refractivity contribution in [1.82, 2.24) is 15.5 Å². The van der Waals surface area contributed by atoms with E-state index in [2.05, 4.69) is 15.5 Å². The maximum Gasteiger partial charge on any atom is 0.253 e. The lowest BCUT2D eigenvalue weighted by Gasteiger charge is -2.35. The van der Waals surface area contributed by atoms with Gasteiger partial charge in [0.25, 0.3) is 5.91 Å². The standard InChI is InChI=1S/C24H29ClFN3O3S/c1-33-15-10-21(28-23(30)19-4-2-3-5-20(19)25)24(31)27-16-22(29-11-13-32-14-12-29)17-6-8-18(26)9-7-17/h2-9,21-22H,10-16H2,1H3,(H,27,31)(H,28,30). The van der Waals surface area contributed by atoms with Gasteiger partial charge in [0, 0.05) is 19.6 Å². The summed E-state index contributed by atoms with van der Waals surface area (Å²) in [5.74, 6) is -0.232. The number of halogens is 2. The Morgan fingerprint density at radius 2 is 1.85 bits per heavy atom. The smallest absolute Gasteiger partial charge is 0.253 e. The van der Waals surface area contributed by atoms with Crippen LogP contribution in [-0.2, 0) is 9.53 Å². The molecule has 2 N–H and O–H groups in total. The van der Waals surface area contributed by atoms with Gasteiger partial charge in [-0.15, -0.1) is 0 Å². The van der Waals surface area contributed by atoms with E-state index in [-0.39, 0.29) is 23.7 Å². The molecule has 1 fully saturated rings. The molecule has 0 saturated carbocycles. The molecule has 1 heterocycles. The maximum atomic E-state index is 13.5. The molecule has 178 valence electrons. The van der Waals surface area contributed by atoms with E-state index in [0.29, 0.717) is 42.5 Å². The van der Waals surface area contributed by atoms with Gasteiger partial charge < -0.3 is 15.4 Å². The zero-order valence-electron chi connectivity index (χ0n) is 18.6. The third kappa shape index (κ3) is 7.43. The molecule has 0 aromatic heterocycles. The van der Waals surface area contributed by atoms with E-state index in [1.165, 1.54) is 12.1 Å². The van der Waals surface area contributed by atoms with Crippen molar-refractivity contribution in [3.8, 4) is 0 Å². The predicted octanol–water partition coefficient (Wildman–Crippen LogP) is 3.52. The lowest BCUT2D eigenvalue weighted by molar-refractivity contribution is -0.123. The summed E-state index contributed by atoms with van der Waals surface area (Å²) in [6.07, 6.45) is 2.44. The number of nitrogens with zero attached hydrogens (tertiary/aromatic N) is 1. The SMILES string of the molecule is CSCCC(NC(=O)c1ccccc1Cl)C(=O)NCC(c1ccc(F)cc1)N1CCOCC1. The van der Waals surface area contributed by atoms with Gasteiger partial charge in [0.05, 0.1) is 29.8 Å². The summed E-state index contributed by atoms with van der Waals surface area (Å²) in [4.78, 5) is 28.1. The Hall–Kier alpha value is -2.13. The highest BCUT2D eigenvalue weighted by atomic mass is 35.5. The van der Waals surface area contributed by atoms with Crippen molar-refractivity contribution < 1.29 is 18.7 Å². The lowest BCUT2D eigenvalue weighted by atomic mass is 10.0. The van der Waals surface area contributed by atoms with Gasteiger partial charge >= 0.3 is 0 Å². The van der Waals surface area contributed by atoms with Crippen LogP contribution in [0.25, 0.3) is 0 Å². The van der Waals surface area contributed by atoms with Crippen molar-refractivity contribution >= 4 is 35.2 Å². The van der Waals surface area contributed by atoms with Crippen molar-refractivity contribution in [2.75, 3.05) is 44.9 Å². The summed E-state index contributed by atoms with van der Waals surface area (Å²) in [6.45, 7) is 2.99. The highest BCUT2D eigenvalue weighted by molar-refractivity contribution is 7.98. The Labute approximate surface area is 203 Å². The first-order chi connectivity index (χ1) is 16.0. The fourth-order valence-electron chi connectivity index (χ4n) is 3.74. The fraction of sp³-hybridized carbons (Fsp3) is 0.417. The number of benzene rings is 2. The molecule has 1 aliphatic heterocycles. The molecule has 6 nitrogen and oxygen atoms in total. The van der Waals surface area contributed by atoms with Crippen LogP contribution in [0.5, 0.6) is 0 Å². The molecule has 1 aliphatic rings. The number of carbonyl (C=O) groups excluding carboxylic acids is 2. The Kier molecular flexibility index (Phi) is 9.99. The minimum Gasteiger partial charge on any atom is -0.379 e. The van der Waals surface area contributed by atoms with Crippen LogP contribution >= 0.6 is 23.4 Å². The molecule has 2 amide bonds. The molecule has 0 bridgehead atoms. The van der Waals surface area contributed by atoms with Crippen LogP contribution in [0.1, 0.15) is 28.4 Å². The average Bonchev–Trinajstić information content (AvgIpc) is 2.83. The quantitative estimate of drug-likeness (QED) is 0.530. The summed E-state index contributed by atoms with van der Waals surface area (Å²) < 4.78 is 18.9. The van der Waals surface area contributed by atoms with Crippen molar-refractivity contribution in [3.63, 3.8) is 0 Å². The highest BCUT2D eigenvalue weighted by Crippen LogP contribution is 2.22. The summed E-state index contributed by atoms with van der Waals surface area (Å²) >= 11 is 7.75.